The number of nitrogens with one attached hydrogen (secondary N) is 1. The summed E-state index contributed by atoms with van der Waals surface area (Å²) in [5.74, 6) is 1.27. The van der Waals surface area contributed by atoms with Crippen molar-refractivity contribution in [3.05, 3.63) is 46.7 Å². The number of methoxy groups -OCH3 is 1. The number of ether oxygens (including phenoxy) is 1. The van der Waals surface area contributed by atoms with E-state index in [9.17, 15) is 0 Å². The van der Waals surface area contributed by atoms with E-state index in [1.165, 1.54) is 5.69 Å². The fourth-order valence-corrected chi connectivity index (χ4v) is 3.04. The van der Waals surface area contributed by atoms with E-state index < -0.39 is 0 Å². The molecule has 0 fully saturated rings. The maximum Gasteiger partial charge on any atom is 0.140 e. The Hall–Kier alpha value is -2.00. The molecule has 4 heteroatoms. The van der Waals surface area contributed by atoms with Crippen molar-refractivity contribution in [3.63, 3.8) is 0 Å². The Morgan fingerprint density at radius 3 is 2.65 bits per heavy atom. The van der Waals surface area contributed by atoms with Crippen molar-refractivity contribution >= 4 is 22.5 Å². The van der Waals surface area contributed by atoms with Crippen molar-refractivity contribution < 1.29 is 4.74 Å². The van der Waals surface area contributed by atoms with Crippen LogP contribution in [0.4, 0.5) is 0 Å². The van der Waals surface area contributed by atoms with Crippen LogP contribution in [-0.4, -0.2) is 17.1 Å². The zero-order valence-electron chi connectivity index (χ0n) is 13.9. The predicted molar refractivity (Wildman–Crippen MR) is 96.6 cm³/mol. The molecule has 0 amide bonds. The van der Waals surface area contributed by atoms with Crippen LogP contribution in [0.5, 0.6) is 5.75 Å². The molecule has 0 aliphatic carbocycles. The Morgan fingerprint density at radius 1 is 1.22 bits per heavy atom. The predicted octanol–water partition coefficient (Wildman–Crippen LogP) is 5.58. The second kappa shape index (κ2) is 6.25. The third-order valence-electron chi connectivity index (χ3n) is 4.18. The molecule has 0 aliphatic heterocycles. The smallest absolute Gasteiger partial charge is 0.140 e. The lowest BCUT2D eigenvalue weighted by Gasteiger charge is -2.10. The van der Waals surface area contributed by atoms with E-state index in [1.807, 2.05) is 6.07 Å². The molecule has 0 saturated heterocycles. The van der Waals surface area contributed by atoms with Gasteiger partial charge < -0.3 is 9.72 Å². The van der Waals surface area contributed by atoms with E-state index in [-0.39, 0.29) is 0 Å². The number of pyridine rings is 1. The summed E-state index contributed by atoms with van der Waals surface area (Å²) in [5, 5.41) is 1.85. The Kier molecular flexibility index (Phi) is 4.31. The molecule has 2 heterocycles. The minimum atomic E-state index is 0.454. The van der Waals surface area contributed by atoms with Crippen molar-refractivity contribution in [3.8, 4) is 17.0 Å². The number of hydrogen-bond acceptors (Lipinski definition) is 2. The molecule has 2 aromatic heterocycles. The van der Waals surface area contributed by atoms with Crippen LogP contribution in [0.25, 0.3) is 22.2 Å². The van der Waals surface area contributed by atoms with Gasteiger partial charge in [-0.25, -0.2) is 0 Å². The SMILES string of the molecule is CCc1cc(-c2cc3[nH]c(C(C)C)cc3cc2Cl)ncc1OC. The lowest BCUT2D eigenvalue weighted by molar-refractivity contribution is 0.408. The first-order valence-corrected chi connectivity index (χ1v) is 8.26. The number of nitrogens with zero attached hydrogens (tertiary/aromatic N) is 1. The van der Waals surface area contributed by atoms with Gasteiger partial charge in [0.25, 0.3) is 0 Å². The van der Waals surface area contributed by atoms with Gasteiger partial charge in [-0.1, -0.05) is 32.4 Å². The molecule has 0 radical (unpaired) electrons. The molecule has 3 nitrogen and oxygen atoms in total. The molecule has 1 aromatic carbocycles. The molecule has 0 atom stereocenters. The summed E-state index contributed by atoms with van der Waals surface area (Å²) in [6.07, 6.45) is 2.65. The number of fused-ring (bicyclic) bond motifs is 1. The van der Waals surface area contributed by atoms with Gasteiger partial charge in [0, 0.05) is 22.2 Å². The van der Waals surface area contributed by atoms with Crippen LogP contribution in [0.1, 0.15) is 37.9 Å². The van der Waals surface area contributed by atoms with E-state index in [0.29, 0.717) is 10.9 Å². The summed E-state index contributed by atoms with van der Waals surface area (Å²) in [5.41, 5.74) is 5.24. The van der Waals surface area contributed by atoms with Gasteiger partial charge >= 0.3 is 0 Å². The highest BCUT2D eigenvalue weighted by Gasteiger charge is 2.12. The van der Waals surface area contributed by atoms with E-state index >= 15 is 0 Å². The zero-order chi connectivity index (χ0) is 16.6. The molecule has 0 saturated carbocycles. The van der Waals surface area contributed by atoms with Gasteiger partial charge in [-0.15, -0.1) is 0 Å². The Balaban J connectivity index is 2.13. The third-order valence-corrected chi connectivity index (χ3v) is 4.49. The summed E-state index contributed by atoms with van der Waals surface area (Å²) in [6, 6.07) is 8.30. The van der Waals surface area contributed by atoms with Crippen LogP contribution in [0.15, 0.2) is 30.5 Å². The van der Waals surface area contributed by atoms with E-state index in [4.69, 9.17) is 16.3 Å². The van der Waals surface area contributed by atoms with Gasteiger partial charge in [0.1, 0.15) is 5.75 Å². The summed E-state index contributed by atoms with van der Waals surface area (Å²) in [6.45, 7) is 6.45. The van der Waals surface area contributed by atoms with Crippen molar-refractivity contribution in [2.75, 3.05) is 7.11 Å². The van der Waals surface area contributed by atoms with E-state index in [2.05, 4.69) is 48.9 Å². The number of halogens is 1. The zero-order valence-corrected chi connectivity index (χ0v) is 14.7. The Morgan fingerprint density at radius 2 is 2.00 bits per heavy atom. The molecule has 23 heavy (non-hydrogen) atoms. The molecule has 0 bridgehead atoms. The highest BCUT2D eigenvalue weighted by Crippen LogP contribution is 2.34. The molecule has 3 rings (SSSR count). The first kappa shape index (κ1) is 15.9. The topological polar surface area (TPSA) is 37.9 Å². The molecule has 1 N–H and O–H groups in total. The van der Waals surface area contributed by atoms with Gasteiger partial charge in [-0.2, -0.15) is 0 Å². The fraction of sp³-hybridized carbons (Fsp3) is 0.316. The minimum absolute atomic E-state index is 0.454. The second-order valence-corrected chi connectivity index (χ2v) is 6.44. The van der Waals surface area contributed by atoms with Crippen LogP contribution >= 0.6 is 11.6 Å². The number of benzene rings is 1. The molecular formula is C19H21ClN2O. The quantitative estimate of drug-likeness (QED) is 0.679. The average molecular weight is 329 g/mol. The fourth-order valence-electron chi connectivity index (χ4n) is 2.77. The average Bonchev–Trinajstić information content (AvgIpc) is 2.96. The van der Waals surface area contributed by atoms with Gasteiger partial charge in [0.05, 0.1) is 24.0 Å². The molecule has 3 aromatic rings. The highest BCUT2D eigenvalue weighted by atomic mass is 35.5. The molecule has 120 valence electrons. The van der Waals surface area contributed by atoms with Gasteiger partial charge in [0.2, 0.25) is 0 Å². The first-order chi connectivity index (χ1) is 11.0. The van der Waals surface area contributed by atoms with Gasteiger partial charge in [-0.3, -0.25) is 4.98 Å². The first-order valence-electron chi connectivity index (χ1n) is 7.89. The number of rotatable bonds is 4. The molecule has 0 spiro atoms. The molecule has 0 unspecified atom stereocenters. The molecular weight excluding hydrogens is 308 g/mol. The number of aromatic amines is 1. The summed E-state index contributed by atoms with van der Waals surface area (Å²) < 4.78 is 5.36. The number of aryl methyl sites for hydroxylation is 1. The molecule has 0 aliphatic rings. The summed E-state index contributed by atoms with van der Waals surface area (Å²) in [4.78, 5) is 7.99. The lowest BCUT2D eigenvalue weighted by atomic mass is 10.1. The maximum atomic E-state index is 6.51. The van der Waals surface area contributed by atoms with Crippen molar-refractivity contribution in [1.82, 2.24) is 9.97 Å². The van der Waals surface area contributed by atoms with Crippen LogP contribution in [0, 0.1) is 0 Å². The maximum absolute atomic E-state index is 6.51. The van der Waals surface area contributed by atoms with Gasteiger partial charge in [-0.05, 0) is 42.2 Å². The van der Waals surface area contributed by atoms with Crippen LogP contribution in [0.3, 0.4) is 0 Å². The standard InChI is InChI=1S/C19H21ClN2O/c1-5-12-7-18(21-10-19(12)23-4)14-9-17-13(6-15(14)20)8-16(22-17)11(2)3/h6-11,22H,5H2,1-4H3. The van der Waals surface area contributed by atoms with Gasteiger partial charge in [0.15, 0.2) is 0 Å². The normalized spacial score (nSPS) is 11.4. The summed E-state index contributed by atoms with van der Waals surface area (Å²) >= 11 is 6.51. The highest BCUT2D eigenvalue weighted by molar-refractivity contribution is 6.34. The Bertz CT molecular complexity index is 852. The van der Waals surface area contributed by atoms with Crippen LogP contribution in [0.2, 0.25) is 5.02 Å². The number of aromatic nitrogens is 2. The monoisotopic (exact) mass is 328 g/mol. The third kappa shape index (κ3) is 2.93. The number of H-pyrrole nitrogens is 1. The summed E-state index contributed by atoms with van der Waals surface area (Å²) in [7, 11) is 1.67. The van der Waals surface area contributed by atoms with E-state index in [1.54, 1.807) is 13.3 Å². The Labute approximate surface area is 141 Å². The van der Waals surface area contributed by atoms with Crippen molar-refractivity contribution in [1.29, 1.82) is 0 Å². The lowest BCUT2D eigenvalue weighted by Crippen LogP contribution is -1.94. The van der Waals surface area contributed by atoms with E-state index in [0.717, 1.165) is 39.9 Å². The van der Waals surface area contributed by atoms with Crippen molar-refractivity contribution in [2.24, 2.45) is 0 Å². The second-order valence-electron chi connectivity index (χ2n) is 6.03. The minimum Gasteiger partial charge on any atom is -0.495 e. The van der Waals surface area contributed by atoms with Crippen LogP contribution < -0.4 is 4.74 Å². The van der Waals surface area contributed by atoms with Crippen LogP contribution in [-0.2, 0) is 6.42 Å². The largest absolute Gasteiger partial charge is 0.495 e. The van der Waals surface area contributed by atoms with Crippen molar-refractivity contribution in [2.45, 2.75) is 33.1 Å². The number of hydrogen-bond donors (Lipinski definition) is 1.